The first-order chi connectivity index (χ1) is 12.3. The molecule has 0 unspecified atom stereocenters. The zero-order valence-corrected chi connectivity index (χ0v) is 14.2. The SMILES string of the molecule is Cc1cnn(C[C@@H]2CN(Cc3noc(-c4ccccc4)n3)CCO2)c1. The van der Waals surface area contributed by atoms with Crippen LogP contribution in [0.1, 0.15) is 11.4 Å². The molecule has 7 heteroatoms. The molecule has 1 saturated heterocycles. The molecule has 0 spiro atoms. The second kappa shape index (κ2) is 7.16. The molecular formula is C18H21N5O2. The van der Waals surface area contributed by atoms with Crippen molar-refractivity contribution in [1.82, 2.24) is 24.8 Å². The lowest BCUT2D eigenvalue weighted by Crippen LogP contribution is -2.43. The minimum atomic E-state index is 0.119. The van der Waals surface area contributed by atoms with Crippen molar-refractivity contribution in [1.29, 1.82) is 0 Å². The molecular weight excluding hydrogens is 318 g/mol. The van der Waals surface area contributed by atoms with Gasteiger partial charge in [0.05, 0.1) is 32.0 Å². The Morgan fingerprint density at radius 1 is 1.24 bits per heavy atom. The maximum atomic E-state index is 5.87. The monoisotopic (exact) mass is 339 g/mol. The fourth-order valence-corrected chi connectivity index (χ4v) is 3.03. The summed E-state index contributed by atoms with van der Waals surface area (Å²) >= 11 is 0. The summed E-state index contributed by atoms with van der Waals surface area (Å²) in [5, 5.41) is 8.45. The summed E-state index contributed by atoms with van der Waals surface area (Å²) in [5.41, 5.74) is 2.10. The van der Waals surface area contributed by atoms with Crippen molar-refractivity contribution in [3.63, 3.8) is 0 Å². The van der Waals surface area contributed by atoms with Crippen molar-refractivity contribution in [2.24, 2.45) is 0 Å². The number of aryl methyl sites for hydroxylation is 1. The molecule has 4 rings (SSSR count). The second-order valence-corrected chi connectivity index (χ2v) is 6.35. The summed E-state index contributed by atoms with van der Waals surface area (Å²) in [4.78, 5) is 6.80. The largest absolute Gasteiger partial charge is 0.374 e. The minimum absolute atomic E-state index is 0.119. The van der Waals surface area contributed by atoms with E-state index in [1.54, 1.807) is 0 Å². The average molecular weight is 339 g/mol. The Bertz CT molecular complexity index is 814. The molecule has 0 amide bonds. The number of ether oxygens (including phenoxy) is 1. The van der Waals surface area contributed by atoms with Crippen LogP contribution in [0.15, 0.2) is 47.2 Å². The van der Waals surface area contributed by atoms with Gasteiger partial charge in [0.1, 0.15) is 0 Å². The third kappa shape index (κ3) is 3.94. The van der Waals surface area contributed by atoms with Gasteiger partial charge in [0.25, 0.3) is 5.89 Å². The number of morpholine rings is 1. The molecule has 1 atom stereocenters. The van der Waals surface area contributed by atoms with Crippen LogP contribution in [0.5, 0.6) is 0 Å². The quantitative estimate of drug-likeness (QED) is 0.709. The van der Waals surface area contributed by atoms with Crippen molar-refractivity contribution < 1.29 is 9.26 Å². The fourth-order valence-electron chi connectivity index (χ4n) is 3.03. The van der Waals surface area contributed by atoms with Gasteiger partial charge in [-0.15, -0.1) is 0 Å². The number of hydrogen-bond donors (Lipinski definition) is 0. The number of benzene rings is 1. The standard InChI is InChI=1S/C18H21N5O2/c1-14-9-19-23(10-14)12-16-11-22(7-8-24-16)13-17-20-18(25-21-17)15-5-3-2-4-6-15/h2-6,9-10,16H,7-8,11-13H2,1H3/t16-/m0/s1. The van der Waals surface area contributed by atoms with Crippen LogP contribution in [0.3, 0.4) is 0 Å². The van der Waals surface area contributed by atoms with Crippen molar-refractivity contribution >= 4 is 0 Å². The molecule has 0 aliphatic carbocycles. The number of hydrogen-bond acceptors (Lipinski definition) is 6. The second-order valence-electron chi connectivity index (χ2n) is 6.35. The van der Waals surface area contributed by atoms with Gasteiger partial charge in [0.2, 0.25) is 0 Å². The number of rotatable bonds is 5. The molecule has 1 aromatic carbocycles. The van der Waals surface area contributed by atoms with E-state index in [1.165, 1.54) is 0 Å². The molecule has 1 aliphatic rings. The molecule has 130 valence electrons. The van der Waals surface area contributed by atoms with E-state index in [0.29, 0.717) is 24.9 Å². The Morgan fingerprint density at radius 2 is 2.12 bits per heavy atom. The van der Waals surface area contributed by atoms with Crippen LogP contribution >= 0.6 is 0 Å². The van der Waals surface area contributed by atoms with Gasteiger partial charge in [-0.3, -0.25) is 9.58 Å². The highest BCUT2D eigenvalue weighted by Gasteiger charge is 2.22. The van der Waals surface area contributed by atoms with Crippen LogP contribution in [0, 0.1) is 6.92 Å². The van der Waals surface area contributed by atoms with E-state index in [4.69, 9.17) is 9.26 Å². The Balaban J connectivity index is 1.37. The predicted molar refractivity (Wildman–Crippen MR) is 91.7 cm³/mol. The number of aromatic nitrogens is 4. The van der Waals surface area contributed by atoms with E-state index in [0.717, 1.165) is 30.8 Å². The molecule has 0 N–H and O–H groups in total. The predicted octanol–water partition coefficient (Wildman–Crippen LogP) is 2.14. The minimum Gasteiger partial charge on any atom is -0.374 e. The molecule has 7 nitrogen and oxygen atoms in total. The summed E-state index contributed by atoms with van der Waals surface area (Å²) in [6.45, 7) is 5.85. The normalized spacial score (nSPS) is 18.5. The summed E-state index contributed by atoms with van der Waals surface area (Å²) in [6, 6.07) is 9.82. The summed E-state index contributed by atoms with van der Waals surface area (Å²) in [6.07, 6.45) is 4.02. The summed E-state index contributed by atoms with van der Waals surface area (Å²) < 4.78 is 13.2. The zero-order chi connectivity index (χ0) is 17.1. The third-order valence-electron chi connectivity index (χ3n) is 4.23. The van der Waals surface area contributed by atoms with Crippen molar-refractivity contribution in [3.8, 4) is 11.5 Å². The molecule has 0 saturated carbocycles. The molecule has 3 heterocycles. The topological polar surface area (TPSA) is 69.2 Å². The number of nitrogens with zero attached hydrogens (tertiary/aromatic N) is 5. The molecule has 25 heavy (non-hydrogen) atoms. The van der Waals surface area contributed by atoms with E-state index in [-0.39, 0.29) is 6.10 Å². The van der Waals surface area contributed by atoms with E-state index in [1.807, 2.05) is 54.3 Å². The van der Waals surface area contributed by atoms with Crippen LogP contribution in [0.2, 0.25) is 0 Å². The van der Waals surface area contributed by atoms with Gasteiger partial charge in [0.15, 0.2) is 5.82 Å². The van der Waals surface area contributed by atoms with Crippen molar-refractivity contribution in [2.75, 3.05) is 19.7 Å². The van der Waals surface area contributed by atoms with Gasteiger partial charge in [-0.2, -0.15) is 10.1 Å². The van der Waals surface area contributed by atoms with Gasteiger partial charge in [-0.25, -0.2) is 0 Å². The van der Waals surface area contributed by atoms with E-state index in [2.05, 4.69) is 20.1 Å². The zero-order valence-electron chi connectivity index (χ0n) is 14.2. The Morgan fingerprint density at radius 3 is 2.92 bits per heavy atom. The first kappa shape index (κ1) is 16.0. The van der Waals surface area contributed by atoms with Crippen LogP contribution in [0.4, 0.5) is 0 Å². The molecule has 3 aromatic rings. The molecule has 0 radical (unpaired) electrons. The van der Waals surface area contributed by atoms with E-state index >= 15 is 0 Å². The smallest absolute Gasteiger partial charge is 0.257 e. The van der Waals surface area contributed by atoms with Gasteiger partial charge < -0.3 is 9.26 Å². The Kier molecular flexibility index (Phi) is 4.58. The maximum absolute atomic E-state index is 5.87. The molecule has 0 bridgehead atoms. The molecule has 1 fully saturated rings. The Labute approximate surface area is 146 Å². The lowest BCUT2D eigenvalue weighted by molar-refractivity contribution is -0.0410. The van der Waals surface area contributed by atoms with Crippen molar-refractivity contribution in [3.05, 3.63) is 54.1 Å². The third-order valence-corrected chi connectivity index (χ3v) is 4.23. The van der Waals surface area contributed by atoms with Crippen LogP contribution in [0.25, 0.3) is 11.5 Å². The maximum Gasteiger partial charge on any atom is 0.257 e. The lowest BCUT2D eigenvalue weighted by atomic mass is 10.2. The van der Waals surface area contributed by atoms with E-state index in [9.17, 15) is 0 Å². The first-order valence-electron chi connectivity index (χ1n) is 8.47. The lowest BCUT2D eigenvalue weighted by Gasteiger charge is -2.32. The van der Waals surface area contributed by atoms with Crippen molar-refractivity contribution in [2.45, 2.75) is 26.1 Å². The highest BCUT2D eigenvalue weighted by atomic mass is 16.5. The van der Waals surface area contributed by atoms with Crippen LogP contribution in [-0.2, 0) is 17.8 Å². The van der Waals surface area contributed by atoms with Gasteiger partial charge in [-0.1, -0.05) is 23.4 Å². The fraction of sp³-hybridized carbons (Fsp3) is 0.389. The highest BCUT2D eigenvalue weighted by molar-refractivity contribution is 5.51. The Hall–Kier alpha value is -2.51. The van der Waals surface area contributed by atoms with E-state index < -0.39 is 0 Å². The van der Waals surface area contributed by atoms with Gasteiger partial charge >= 0.3 is 0 Å². The van der Waals surface area contributed by atoms with Crippen LogP contribution in [-0.4, -0.2) is 50.6 Å². The first-order valence-corrected chi connectivity index (χ1v) is 8.47. The average Bonchev–Trinajstić information content (AvgIpc) is 3.25. The molecule has 1 aliphatic heterocycles. The summed E-state index contributed by atoms with van der Waals surface area (Å²) in [5.74, 6) is 1.27. The van der Waals surface area contributed by atoms with Crippen LogP contribution < -0.4 is 0 Å². The van der Waals surface area contributed by atoms with Gasteiger partial charge in [0, 0.05) is 24.8 Å². The molecule has 2 aromatic heterocycles. The highest BCUT2D eigenvalue weighted by Crippen LogP contribution is 2.17. The van der Waals surface area contributed by atoms with Gasteiger partial charge in [-0.05, 0) is 24.6 Å². The summed E-state index contributed by atoms with van der Waals surface area (Å²) in [7, 11) is 0.